The number of fused-ring (bicyclic) bond motifs is 3. The first-order valence-corrected chi connectivity index (χ1v) is 14.1. The van der Waals surface area contributed by atoms with Gasteiger partial charge in [-0.2, -0.15) is 0 Å². The van der Waals surface area contributed by atoms with E-state index in [1.165, 1.54) is 24.0 Å². The Hall–Kier alpha value is -2.21. The molecule has 0 aromatic heterocycles. The van der Waals surface area contributed by atoms with Crippen LogP contribution in [0.3, 0.4) is 0 Å². The number of carbonyl (C=O) groups is 1. The maximum atomic E-state index is 13.0. The summed E-state index contributed by atoms with van der Waals surface area (Å²) in [6.07, 6.45) is 3.58. The molecule has 1 amide bonds. The minimum Gasteiger partial charge on any atom is -0.342 e. The van der Waals surface area contributed by atoms with Gasteiger partial charge in [0.25, 0.3) is 0 Å². The van der Waals surface area contributed by atoms with Crippen LogP contribution in [-0.4, -0.2) is 85.0 Å². The summed E-state index contributed by atoms with van der Waals surface area (Å²) in [7, 11) is 2.25. The molecule has 1 heterocycles. The fraction of sp³-hybridized carbons (Fsp3) is 0.581. The van der Waals surface area contributed by atoms with Gasteiger partial charge in [-0.1, -0.05) is 60.7 Å². The van der Waals surface area contributed by atoms with Crippen molar-refractivity contribution in [1.82, 2.24) is 20.0 Å². The first-order valence-electron chi connectivity index (χ1n) is 14.1. The number of hydrogen-bond donors (Lipinski definition) is 1. The molecule has 194 valence electrons. The molecule has 4 aliphatic rings. The van der Waals surface area contributed by atoms with Gasteiger partial charge in [-0.05, 0) is 69.0 Å². The van der Waals surface area contributed by atoms with Gasteiger partial charge in [0.2, 0.25) is 5.91 Å². The van der Waals surface area contributed by atoms with Gasteiger partial charge < -0.3 is 15.1 Å². The van der Waals surface area contributed by atoms with Gasteiger partial charge in [0.05, 0.1) is 6.54 Å². The Morgan fingerprint density at radius 2 is 1.39 bits per heavy atom. The number of benzene rings is 2. The molecule has 5 heteroatoms. The first kappa shape index (κ1) is 25.4. The quantitative estimate of drug-likeness (QED) is 0.605. The van der Waals surface area contributed by atoms with Gasteiger partial charge in [-0.15, -0.1) is 0 Å². The van der Waals surface area contributed by atoms with E-state index in [1.807, 2.05) is 4.90 Å². The molecule has 3 unspecified atom stereocenters. The zero-order chi connectivity index (χ0) is 25.1. The summed E-state index contributed by atoms with van der Waals surface area (Å²) in [6.45, 7) is 10.7. The van der Waals surface area contributed by atoms with E-state index in [4.69, 9.17) is 0 Å². The monoisotopic (exact) mass is 488 g/mol. The Bertz CT molecular complexity index is 935. The number of amides is 1. The highest BCUT2D eigenvalue weighted by molar-refractivity contribution is 5.78. The van der Waals surface area contributed by atoms with Crippen molar-refractivity contribution in [3.63, 3.8) is 0 Å². The van der Waals surface area contributed by atoms with Crippen LogP contribution in [0.15, 0.2) is 60.7 Å². The summed E-state index contributed by atoms with van der Waals surface area (Å²) >= 11 is 0. The second-order valence-corrected chi connectivity index (χ2v) is 11.3. The lowest BCUT2D eigenvalue weighted by molar-refractivity contribution is -0.130. The molecule has 1 aliphatic heterocycles. The Kier molecular flexibility index (Phi) is 7.80. The van der Waals surface area contributed by atoms with Crippen LogP contribution < -0.4 is 5.32 Å². The van der Waals surface area contributed by atoms with E-state index in [0.29, 0.717) is 30.3 Å². The molecule has 6 rings (SSSR count). The molecular formula is C31H44N4O. The lowest BCUT2D eigenvalue weighted by Gasteiger charge is -2.63. The molecule has 2 bridgehead atoms. The van der Waals surface area contributed by atoms with Gasteiger partial charge >= 0.3 is 0 Å². The molecule has 5 nitrogen and oxygen atoms in total. The summed E-state index contributed by atoms with van der Waals surface area (Å²) in [6, 6.07) is 22.7. The van der Waals surface area contributed by atoms with E-state index in [1.54, 1.807) is 0 Å². The number of piperazine rings is 1. The van der Waals surface area contributed by atoms with Crippen molar-refractivity contribution in [2.45, 2.75) is 56.5 Å². The summed E-state index contributed by atoms with van der Waals surface area (Å²) in [5, 5.41) is 3.85. The van der Waals surface area contributed by atoms with Gasteiger partial charge in [0.15, 0.2) is 0 Å². The number of nitrogens with one attached hydrogen (secondary N) is 1. The van der Waals surface area contributed by atoms with Gasteiger partial charge in [-0.25, -0.2) is 0 Å². The van der Waals surface area contributed by atoms with E-state index >= 15 is 0 Å². The smallest absolute Gasteiger partial charge is 0.236 e. The number of rotatable bonds is 8. The van der Waals surface area contributed by atoms with E-state index in [9.17, 15) is 4.79 Å². The van der Waals surface area contributed by atoms with Gasteiger partial charge in [-0.3, -0.25) is 9.69 Å². The highest BCUT2D eigenvalue weighted by atomic mass is 16.2. The second kappa shape index (κ2) is 11.0. The van der Waals surface area contributed by atoms with E-state index < -0.39 is 0 Å². The Morgan fingerprint density at radius 1 is 0.861 bits per heavy atom. The van der Waals surface area contributed by atoms with Crippen molar-refractivity contribution in [2.75, 3.05) is 52.9 Å². The standard InChI is InChI=1S/C31H44N4O/c1-4-34(5-2)29(36)23-32-28-22-31(35-18-16-33(3)17-19-35)20-26(24-12-8-6-9-13-24)30(28)27(21-31)25-14-10-7-11-15-25/h6-15,26-28,30,32H,4-5,16-23H2,1-3H3. The predicted molar refractivity (Wildman–Crippen MR) is 147 cm³/mol. The number of likely N-dealkylation sites (N-methyl/N-ethyl adjacent to an activating group) is 2. The highest BCUT2D eigenvalue weighted by Gasteiger charge is 2.57. The van der Waals surface area contributed by atoms with Crippen molar-refractivity contribution in [3.05, 3.63) is 71.8 Å². The Labute approximate surface area is 217 Å². The fourth-order valence-corrected chi connectivity index (χ4v) is 7.59. The summed E-state index contributed by atoms with van der Waals surface area (Å²) in [5.41, 5.74) is 3.08. The molecule has 3 atom stereocenters. The van der Waals surface area contributed by atoms with Crippen molar-refractivity contribution < 1.29 is 4.79 Å². The van der Waals surface area contributed by atoms with Crippen LogP contribution in [0, 0.1) is 5.92 Å². The molecule has 0 radical (unpaired) electrons. The number of nitrogens with zero attached hydrogens (tertiary/aromatic N) is 3. The lowest BCUT2D eigenvalue weighted by Crippen LogP contribution is -2.67. The van der Waals surface area contributed by atoms with Crippen LogP contribution in [0.25, 0.3) is 0 Å². The molecule has 1 N–H and O–H groups in total. The van der Waals surface area contributed by atoms with Crippen molar-refractivity contribution in [1.29, 1.82) is 0 Å². The Morgan fingerprint density at radius 3 is 1.89 bits per heavy atom. The third kappa shape index (κ3) is 4.98. The second-order valence-electron chi connectivity index (χ2n) is 11.3. The zero-order valence-electron chi connectivity index (χ0n) is 22.4. The normalized spacial score (nSPS) is 30.9. The van der Waals surface area contributed by atoms with Gasteiger partial charge in [0, 0.05) is 50.8 Å². The topological polar surface area (TPSA) is 38.8 Å². The molecule has 0 spiro atoms. The number of hydrogen-bond acceptors (Lipinski definition) is 4. The third-order valence-corrected chi connectivity index (χ3v) is 9.45. The van der Waals surface area contributed by atoms with Crippen molar-refractivity contribution in [2.24, 2.45) is 5.92 Å². The van der Waals surface area contributed by atoms with Crippen LogP contribution in [0.2, 0.25) is 0 Å². The molecule has 3 aliphatic carbocycles. The van der Waals surface area contributed by atoms with Crippen LogP contribution in [0.4, 0.5) is 0 Å². The minimum absolute atomic E-state index is 0.160. The number of carbonyl (C=O) groups excluding carboxylic acids is 1. The van der Waals surface area contributed by atoms with Crippen molar-refractivity contribution >= 4 is 5.91 Å². The zero-order valence-corrected chi connectivity index (χ0v) is 22.4. The average Bonchev–Trinajstić information content (AvgIpc) is 2.93. The highest BCUT2D eigenvalue weighted by Crippen LogP contribution is 2.59. The summed E-state index contributed by atoms with van der Waals surface area (Å²) in [5.74, 6) is 1.68. The van der Waals surface area contributed by atoms with Crippen LogP contribution >= 0.6 is 0 Å². The maximum Gasteiger partial charge on any atom is 0.236 e. The molecule has 3 saturated carbocycles. The third-order valence-electron chi connectivity index (χ3n) is 9.45. The predicted octanol–water partition coefficient (Wildman–Crippen LogP) is 4.18. The summed E-state index contributed by atoms with van der Waals surface area (Å²) < 4.78 is 0. The molecular weight excluding hydrogens is 444 g/mol. The maximum absolute atomic E-state index is 13.0. The first-order chi connectivity index (χ1) is 17.5. The lowest BCUT2D eigenvalue weighted by atomic mass is 9.51. The molecule has 1 saturated heterocycles. The SMILES string of the molecule is CCN(CC)C(=O)CNC1CC2(N3CCN(C)CC3)CC(c3ccccc3)C1C(c1ccccc1)C2. The molecule has 4 fully saturated rings. The van der Waals surface area contributed by atoms with E-state index in [-0.39, 0.29) is 11.4 Å². The molecule has 2 aromatic carbocycles. The van der Waals surface area contributed by atoms with E-state index in [2.05, 4.69) is 96.7 Å². The largest absolute Gasteiger partial charge is 0.342 e. The molecule has 2 aromatic rings. The van der Waals surface area contributed by atoms with Crippen molar-refractivity contribution in [3.8, 4) is 0 Å². The van der Waals surface area contributed by atoms with Crippen LogP contribution in [0.5, 0.6) is 0 Å². The molecule has 36 heavy (non-hydrogen) atoms. The Balaban J connectivity index is 1.52. The van der Waals surface area contributed by atoms with E-state index in [0.717, 1.165) is 45.7 Å². The van der Waals surface area contributed by atoms with Crippen LogP contribution in [-0.2, 0) is 4.79 Å². The van der Waals surface area contributed by atoms with Gasteiger partial charge in [0.1, 0.15) is 0 Å². The van der Waals surface area contributed by atoms with Crippen LogP contribution in [0.1, 0.15) is 56.1 Å². The minimum atomic E-state index is 0.160. The fourth-order valence-electron chi connectivity index (χ4n) is 7.59. The summed E-state index contributed by atoms with van der Waals surface area (Å²) in [4.78, 5) is 20.3. The average molecular weight is 489 g/mol.